The maximum Gasteiger partial charge on any atom is 0.415 e. The number of rotatable bonds is 2. The van der Waals surface area contributed by atoms with E-state index in [1.807, 2.05) is 53.4 Å². The van der Waals surface area contributed by atoms with Gasteiger partial charge in [-0.1, -0.05) is 48.5 Å². The molecule has 0 bridgehead atoms. The van der Waals surface area contributed by atoms with Crippen molar-refractivity contribution in [3.05, 3.63) is 65.7 Å². The van der Waals surface area contributed by atoms with Crippen molar-refractivity contribution in [1.29, 1.82) is 0 Å². The largest absolute Gasteiger partial charge is 0.436 e. The highest BCUT2D eigenvalue weighted by molar-refractivity contribution is 5.92. The number of amides is 1. The molecule has 1 saturated heterocycles. The molecule has 2 aromatic rings. The van der Waals surface area contributed by atoms with E-state index in [-0.39, 0.29) is 30.6 Å². The highest BCUT2D eigenvalue weighted by Crippen LogP contribution is 2.40. The zero-order chi connectivity index (χ0) is 15.6. The Morgan fingerprint density at radius 1 is 0.958 bits per heavy atom. The number of nitrogens with one attached hydrogen (secondary N) is 1. The average molecular weight is 345 g/mol. The van der Waals surface area contributed by atoms with Crippen LogP contribution in [0.25, 0.3) is 0 Å². The number of nitrogens with zero attached hydrogens (tertiary/aromatic N) is 1. The first-order valence-corrected chi connectivity index (χ1v) is 8.19. The highest BCUT2D eigenvalue weighted by Gasteiger charge is 2.37. The molecule has 1 atom stereocenters. The fourth-order valence-electron chi connectivity index (χ4n) is 3.53. The summed E-state index contributed by atoms with van der Waals surface area (Å²) >= 11 is 0. The van der Waals surface area contributed by atoms with Crippen LogP contribution in [0.2, 0.25) is 0 Å². The lowest BCUT2D eigenvalue weighted by Gasteiger charge is -2.40. The minimum atomic E-state index is -0.321. The van der Waals surface area contributed by atoms with E-state index in [2.05, 4.69) is 11.4 Å². The van der Waals surface area contributed by atoms with Crippen LogP contribution in [0.1, 0.15) is 30.1 Å². The number of hydrogen-bond donors (Lipinski definition) is 1. The number of anilines is 1. The molecule has 1 unspecified atom stereocenters. The van der Waals surface area contributed by atoms with Gasteiger partial charge in [0.05, 0.1) is 5.69 Å². The number of cyclic esters (lactones) is 1. The standard InChI is InChI=1S/C19H20N2O2.ClH/c22-19-21(15-10-12-20-13-11-15)17-9-5-4-8-16(17)18(23-19)14-6-2-1-3-7-14;/h1-9,15,18,20H,10-13H2;1H. The molecule has 24 heavy (non-hydrogen) atoms. The van der Waals surface area contributed by atoms with E-state index in [4.69, 9.17) is 4.74 Å². The molecule has 0 radical (unpaired) electrons. The van der Waals surface area contributed by atoms with Crippen LogP contribution in [0.15, 0.2) is 54.6 Å². The summed E-state index contributed by atoms with van der Waals surface area (Å²) in [4.78, 5) is 14.6. The van der Waals surface area contributed by atoms with Gasteiger partial charge in [-0.05, 0) is 37.6 Å². The molecule has 5 heteroatoms. The van der Waals surface area contributed by atoms with Gasteiger partial charge in [-0.2, -0.15) is 0 Å². The molecule has 2 aromatic carbocycles. The zero-order valence-corrected chi connectivity index (χ0v) is 14.2. The van der Waals surface area contributed by atoms with Crippen LogP contribution in [-0.2, 0) is 4.74 Å². The summed E-state index contributed by atoms with van der Waals surface area (Å²) in [6.45, 7) is 1.89. The van der Waals surface area contributed by atoms with E-state index in [1.54, 1.807) is 0 Å². The predicted molar refractivity (Wildman–Crippen MR) is 96.8 cm³/mol. The van der Waals surface area contributed by atoms with Crippen LogP contribution >= 0.6 is 12.4 Å². The monoisotopic (exact) mass is 344 g/mol. The van der Waals surface area contributed by atoms with E-state index in [1.165, 1.54) is 0 Å². The molecule has 1 amide bonds. The molecule has 2 aliphatic rings. The number of piperidine rings is 1. The van der Waals surface area contributed by atoms with E-state index >= 15 is 0 Å². The number of para-hydroxylation sites is 1. The van der Waals surface area contributed by atoms with Gasteiger partial charge in [0.1, 0.15) is 0 Å². The third-order valence-electron chi connectivity index (χ3n) is 4.67. The first-order valence-electron chi connectivity index (χ1n) is 8.19. The lowest BCUT2D eigenvalue weighted by molar-refractivity contribution is 0.113. The van der Waals surface area contributed by atoms with Gasteiger partial charge in [-0.3, -0.25) is 4.90 Å². The van der Waals surface area contributed by atoms with Gasteiger partial charge in [-0.25, -0.2) is 4.79 Å². The first kappa shape index (κ1) is 16.8. The second kappa shape index (κ2) is 7.24. The second-order valence-electron chi connectivity index (χ2n) is 6.08. The van der Waals surface area contributed by atoms with E-state index < -0.39 is 0 Å². The van der Waals surface area contributed by atoms with Gasteiger partial charge in [-0.15, -0.1) is 12.4 Å². The molecule has 4 rings (SSSR count). The minimum absolute atomic E-state index is 0. The number of carbonyl (C=O) groups excluding carboxylic acids is 1. The van der Waals surface area contributed by atoms with Crippen molar-refractivity contribution in [2.24, 2.45) is 0 Å². The fraction of sp³-hybridized carbons (Fsp3) is 0.316. The predicted octanol–water partition coefficient (Wildman–Crippen LogP) is 3.91. The summed E-state index contributed by atoms with van der Waals surface area (Å²) in [5.74, 6) is 0. The quantitative estimate of drug-likeness (QED) is 0.898. The zero-order valence-electron chi connectivity index (χ0n) is 13.4. The number of carbonyl (C=O) groups is 1. The van der Waals surface area contributed by atoms with Crippen molar-refractivity contribution in [3.8, 4) is 0 Å². The number of ether oxygens (including phenoxy) is 1. The normalized spacial score (nSPS) is 20.8. The van der Waals surface area contributed by atoms with Crippen LogP contribution in [0.4, 0.5) is 10.5 Å². The van der Waals surface area contributed by atoms with Gasteiger partial charge in [0.2, 0.25) is 0 Å². The van der Waals surface area contributed by atoms with Crippen LogP contribution in [0.3, 0.4) is 0 Å². The highest BCUT2D eigenvalue weighted by atomic mass is 35.5. The molecular formula is C19H21ClN2O2. The van der Waals surface area contributed by atoms with Crippen molar-refractivity contribution in [2.45, 2.75) is 25.0 Å². The Hall–Kier alpha value is -2.04. The summed E-state index contributed by atoms with van der Waals surface area (Å²) in [7, 11) is 0. The SMILES string of the molecule is Cl.O=C1OC(c2ccccc2)c2ccccc2N1C1CCNCC1. The average Bonchev–Trinajstić information content (AvgIpc) is 2.62. The van der Waals surface area contributed by atoms with Gasteiger partial charge < -0.3 is 10.1 Å². The van der Waals surface area contributed by atoms with Crippen molar-refractivity contribution in [3.63, 3.8) is 0 Å². The lowest BCUT2D eigenvalue weighted by atomic mass is 9.95. The van der Waals surface area contributed by atoms with Gasteiger partial charge >= 0.3 is 6.09 Å². The molecule has 0 aromatic heterocycles. The fourth-order valence-corrected chi connectivity index (χ4v) is 3.53. The van der Waals surface area contributed by atoms with E-state index in [0.717, 1.165) is 42.7 Å². The molecule has 4 nitrogen and oxygen atoms in total. The van der Waals surface area contributed by atoms with Gasteiger partial charge in [0, 0.05) is 11.6 Å². The van der Waals surface area contributed by atoms with Crippen LogP contribution in [-0.4, -0.2) is 25.2 Å². The minimum Gasteiger partial charge on any atom is -0.436 e. The summed E-state index contributed by atoms with van der Waals surface area (Å²) in [5, 5.41) is 3.35. The maximum atomic E-state index is 12.7. The Morgan fingerprint density at radius 2 is 1.62 bits per heavy atom. The van der Waals surface area contributed by atoms with Gasteiger partial charge in [0.15, 0.2) is 6.10 Å². The molecule has 0 spiro atoms. The molecule has 2 aliphatic heterocycles. The Morgan fingerprint density at radius 3 is 2.38 bits per heavy atom. The van der Waals surface area contributed by atoms with Gasteiger partial charge in [0.25, 0.3) is 0 Å². The number of benzene rings is 2. The Kier molecular flexibility index (Phi) is 5.07. The summed E-state index contributed by atoms with van der Waals surface area (Å²) in [5.41, 5.74) is 3.07. The van der Waals surface area contributed by atoms with Crippen molar-refractivity contribution in [2.75, 3.05) is 18.0 Å². The third-order valence-corrected chi connectivity index (χ3v) is 4.67. The molecule has 0 aliphatic carbocycles. The van der Waals surface area contributed by atoms with Crippen molar-refractivity contribution >= 4 is 24.2 Å². The smallest absolute Gasteiger partial charge is 0.415 e. The Labute approximate surface area is 148 Å². The molecule has 2 heterocycles. The number of hydrogen-bond acceptors (Lipinski definition) is 3. The van der Waals surface area contributed by atoms with Crippen LogP contribution in [0, 0.1) is 0 Å². The summed E-state index contributed by atoms with van der Waals surface area (Å²) in [6, 6.07) is 18.3. The number of halogens is 1. The number of fused-ring (bicyclic) bond motifs is 1. The first-order chi connectivity index (χ1) is 11.3. The maximum absolute atomic E-state index is 12.7. The Bertz CT molecular complexity index is 702. The molecule has 126 valence electrons. The van der Waals surface area contributed by atoms with Crippen LogP contribution < -0.4 is 10.2 Å². The van der Waals surface area contributed by atoms with Crippen molar-refractivity contribution in [1.82, 2.24) is 5.32 Å². The van der Waals surface area contributed by atoms with Crippen LogP contribution in [0.5, 0.6) is 0 Å². The third kappa shape index (κ3) is 2.99. The molecular weight excluding hydrogens is 324 g/mol. The van der Waals surface area contributed by atoms with E-state index in [9.17, 15) is 4.79 Å². The molecule has 1 N–H and O–H groups in total. The van der Waals surface area contributed by atoms with Crippen molar-refractivity contribution < 1.29 is 9.53 Å². The Balaban J connectivity index is 0.00000169. The topological polar surface area (TPSA) is 41.6 Å². The van der Waals surface area contributed by atoms with E-state index in [0.29, 0.717) is 0 Å². The second-order valence-corrected chi connectivity index (χ2v) is 6.08. The molecule has 0 saturated carbocycles. The summed E-state index contributed by atoms with van der Waals surface area (Å²) in [6.07, 6.45) is 1.36. The molecule has 1 fully saturated rings. The summed E-state index contributed by atoms with van der Waals surface area (Å²) < 4.78 is 5.83. The lowest BCUT2D eigenvalue weighted by Crippen LogP contribution is -2.49.